The van der Waals surface area contributed by atoms with Crippen molar-refractivity contribution in [3.63, 3.8) is 0 Å². The van der Waals surface area contributed by atoms with Gasteiger partial charge in [-0.15, -0.1) is 12.6 Å². The number of hydrogen-bond acceptors (Lipinski definition) is 7. The van der Waals surface area contributed by atoms with Crippen LogP contribution >= 0.6 is 12.6 Å². The summed E-state index contributed by atoms with van der Waals surface area (Å²) in [6.45, 7) is 3.09. The lowest BCUT2D eigenvalue weighted by Crippen LogP contribution is -2.31. The molecule has 0 atom stereocenters. The summed E-state index contributed by atoms with van der Waals surface area (Å²) in [6.07, 6.45) is 0. The van der Waals surface area contributed by atoms with Gasteiger partial charge in [-0.25, -0.2) is 0 Å². The van der Waals surface area contributed by atoms with Crippen LogP contribution in [0.5, 0.6) is 0 Å². The van der Waals surface area contributed by atoms with E-state index in [1.807, 2.05) is 0 Å². The molecule has 21 heavy (non-hydrogen) atoms. The second-order valence-corrected chi connectivity index (χ2v) is 4.36. The number of nitrogens with one attached hydrogen (secondary N) is 1. The second-order valence-electron chi connectivity index (χ2n) is 3.86. The second kappa shape index (κ2) is 15.7. The summed E-state index contributed by atoms with van der Waals surface area (Å²) in [5, 5.41) is 2.31. The van der Waals surface area contributed by atoms with E-state index in [2.05, 4.69) is 17.9 Å². The first-order valence-electron chi connectivity index (χ1n) is 6.66. The predicted molar refractivity (Wildman–Crippen MR) is 79.3 cm³/mol. The van der Waals surface area contributed by atoms with Crippen LogP contribution in [-0.2, 0) is 28.5 Å². The highest BCUT2D eigenvalue weighted by Gasteiger charge is 2.00. The molecule has 0 rings (SSSR count). The molecule has 9 heteroatoms. The van der Waals surface area contributed by atoms with Gasteiger partial charge in [0.15, 0.2) is 0 Å². The van der Waals surface area contributed by atoms with Gasteiger partial charge in [-0.2, -0.15) is 0 Å². The van der Waals surface area contributed by atoms with Crippen molar-refractivity contribution in [1.82, 2.24) is 5.32 Å². The van der Waals surface area contributed by atoms with Gasteiger partial charge in [-0.05, 0) is 0 Å². The van der Waals surface area contributed by atoms with Gasteiger partial charge in [0.1, 0.15) is 13.2 Å². The molecule has 0 saturated carbocycles. The lowest BCUT2D eigenvalue weighted by molar-refractivity contribution is -0.126. The minimum Gasteiger partial charge on any atom is -0.378 e. The highest BCUT2D eigenvalue weighted by atomic mass is 32.1. The Morgan fingerprint density at radius 2 is 1.43 bits per heavy atom. The molecule has 3 N–H and O–H groups in total. The quantitative estimate of drug-likeness (QED) is 0.251. The summed E-state index contributed by atoms with van der Waals surface area (Å²) >= 11 is 3.55. The van der Waals surface area contributed by atoms with Gasteiger partial charge in [0.05, 0.1) is 39.6 Å². The molecule has 0 aliphatic carbocycles. The van der Waals surface area contributed by atoms with Crippen LogP contribution in [0.1, 0.15) is 0 Å². The Labute approximate surface area is 130 Å². The Balaban J connectivity index is 3.17. The summed E-state index contributed by atoms with van der Waals surface area (Å²) in [5.74, 6) is -0.214. The van der Waals surface area contributed by atoms with Crippen LogP contribution in [0, 0.1) is 0 Å². The number of hydrogen-bond donors (Lipinski definition) is 3. The van der Waals surface area contributed by atoms with Crippen molar-refractivity contribution < 1.29 is 28.5 Å². The molecule has 0 aromatic heterocycles. The SMILES string of the molecule is NCCOCCOCC(=O)NCCOCCOCC(=O)S. The molecule has 0 spiro atoms. The maximum Gasteiger partial charge on any atom is 0.246 e. The zero-order chi connectivity index (χ0) is 15.8. The molecule has 0 heterocycles. The number of rotatable bonds is 15. The fourth-order valence-corrected chi connectivity index (χ4v) is 1.25. The Morgan fingerprint density at radius 3 is 2.05 bits per heavy atom. The molecule has 0 aliphatic heterocycles. The molecule has 0 aliphatic rings. The van der Waals surface area contributed by atoms with Crippen LogP contribution in [0.2, 0.25) is 0 Å². The molecular formula is C12H24N2O6S. The van der Waals surface area contributed by atoms with E-state index in [1.165, 1.54) is 0 Å². The van der Waals surface area contributed by atoms with Gasteiger partial charge in [-0.1, -0.05) is 0 Å². The molecule has 1 amide bonds. The number of nitrogens with two attached hydrogens (primary N) is 1. The third-order valence-corrected chi connectivity index (χ3v) is 2.16. The summed E-state index contributed by atoms with van der Waals surface area (Å²) < 4.78 is 20.3. The van der Waals surface area contributed by atoms with Crippen LogP contribution in [0.25, 0.3) is 0 Å². The number of amides is 1. The van der Waals surface area contributed by atoms with Crippen molar-refractivity contribution in [3.8, 4) is 0 Å². The number of carbonyl (C=O) groups is 2. The number of ether oxygens (including phenoxy) is 4. The summed E-state index contributed by atoms with van der Waals surface area (Å²) in [7, 11) is 0. The Kier molecular flexibility index (Phi) is 15.1. The fourth-order valence-electron chi connectivity index (χ4n) is 1.16. The van der Waals surface area contributed by atoms with Crippen molar-refractivity contribution in [2.45, 2.75) is 0 Å². The van der Waals surface area contributed by atoms with E-state index >= 15 is 0 Å². The first-order chi connectivity index (χ1) is 10.2. The van der Waals surface area contributed by atoms with Gasteiger partial charge < -0.3 is 30.0 Å². The Morgan fingerprint density at radius 1 is 0.857 bits per heavy atom. The Hall–Kier alpha value is -0.710. The molecule has 124 valence electrons. The molecule has 0 fully saturated rings. The van der Waals surface area contributed by atoms with E-state index in [0.29, 0.717) is 52.7 Å². The molecule has 0 saturated heterocycles. The molecule has 0 radical (unpaired) electrons. The average molecular weight is 324 g/mol. The Bertz CT molecular complexity index is 280. The first-order valence-corrected chi connectivity index (χ1v) is 7.11. The van der Waals surface area contributed by atoms with E-state index in [0.717, 1.165) is 0 Å². The smallest absolute Gasteiger partial charge is 0.246 e. The van der Waals surface area contributed by atoms with Crippen molar-refractivity contribution in [2.75, 3.05) is 65.9 Å². The summed E-state index contributed by atoms with van der Waals surface area (Å²) in [4.78, 5) is 21.8. The zero-order valence-electron chi connectivity index (χ0n) is 12.0. The van der Waals surface area contributed by atoms with Crippen molar-refractivity contribution in [1.29, 1.82) is 0 Å². The fraction of sp³-hybridized carbons (Fsp3) is 0.833. The molecule has 0 aromatic rings. The van der Waals surface area contributed by atoms with Crippen LogP contribution < -0.4 is 11.1 Å². The lowest BCUT2D eigenvalue weighted by Gasteiger charge is -2.07. The highest BCUT2D eigenvalue weighted by molar-refractivity contribution is 7.96. The van der Waals surface area contributed by atoms with Gasteiger partial charge >= 0.3 is 0 Å². The van der Waals surface area contributed by atoms with Crippen LogP contribution in [0.3, 0.4) is 0 Å². The average Bonchev–Trinajstić information content (AvgIpc) is 2.45. The zero-order valence-corrected chi connectivity index (χ0v) is 12.9. The molecule has 0 aromatic carbocycles. The number of thiol groups is 1. The van der Waals surface area contributed by atoms with Crippen molar-refractivity contribution >= 4 is 23.7 Å². The van der Waals surface area contributed by atoms with E-state index in [-0.39, 0.29) is 24.2 Å². The monoisotopic (exact) mass is 324 g/mol. The van der Waals surface area contributed by atoms with Crippen LogP contribution in [0.15, 0.2) is 0 Å². The minimum absolute atomic E-state index is 0.0147. The normalized spacial score (nSPS) is 10.6. The van der Waals surface area contributed by atoms with E-state index in [4.69, 9.17) is 24.7 Å². The molecule has 8 nitrogen and oxygen atoms in total. The maximum absolute atomic E-state index is 11.3. The van der Waals surface area contributed by atoms with Gasteiger partial charge in [0, 0.05) is 13.1 Å². The third kappa shape index (κ3) is 17.2. The predicted octanol–water partition coefficient (Wildman–Crippen LogP) is -1.42. The largest absolute Gasteiger partial charge is 0.378 e. The first kappa shape index (κ1) is 20.3. The topological polar surface area (TPSA) is 109 Å². The van der Waals surface area contributed by atoms with Crippen LogP contribution in [0.4, 0.5) is 0 Å². The molecular weight excluding hydrogens is 300 g/mol. The van der Waals surface area contributed by atoms with E-state index < -0.39 is 0 Å². The molecule has 0 unspecified atom stereocenters. The molecule has 0 bridgehead atoms. The van der Waals surface area contributed by atoms with Crippen molar-refractivity contribution in [2.24, 2.45) is 5.73 Å². The maximum atomic E-state index is 11.3. The highest BCUT2D eigenvalue weighted by Crippen LogP contribution is 1.83. The third-order valence-electron chi connectivity index (χ3n) is 2.03. The summed E-state index contributed by atoms with van der Waals surface area (Å²) in [6, 6.07) is 0. The van der Waals surface area contributed by atoms with Gasteiger partial charge in [-0.3, -0.25) is 9.59 Å². The van der Waals surface area contributed by atoms with Crippen LogP contribution in [-0.4, -0.2) is 77.0 Å². The lowest BCUT2D eigenvalue weighted by atomic mass is 10.6. The van der Waals surface area contributed by atoms with Gasteiger partial charge in [0.25, 0.3) is 0 Å². The van der Waals surface area contributed by atoms with E-state index in [1.54, 1.807) is 0 Å². The van der Waals surface area contributed by atoms with E-state index in [9.17, 15) is 9.59 Å². The summed E-state index contributed by atoms with van der Waals surface area (Å²) in [5.41, 5.74) is 5.24. The standard InChI is InChI=1S/C12H24N2O6S/c13-1-3-17-5-7-19-9-11(15)14-2-4-18-6-8-20-10-12(16)21/h1-10,13H2,(H,14,15)(H,16,21). The number of carbonyl (C=O) groups excluding carboxylic acids is 2. The minimum atomic E-state index is -0.323. The van der Waals surface area contributed by atoms with Gasteiger partial charge in [0.2, 0.25) is 11.0 Å². The van der Waals surface area contributed by atoms with Crippen molar-refractivity contribution in [3.05, 3.63) is 0 Å².